The Bertz CT molecular complexity index is 2860. The van der Waals surface area contributed by atoms with Crippen molar-refractivity contribution >= 4 is 12.4 Å². The third-order valence-electron chi connectivity index (χ3n) is 17.4. The highest BCUT2D eigenvalue weighted by molar-refractivity contribution is 5.85. The third kappa shape index (κ3) is 12.4. The maximum Gasteiger partial charge on any atom is 0.419 e. The Hall–Kier alpha value is -5.42. The van der Waals surface area contributed by atoms with E-state index in [2.05, 4.69) is 62.8 Å². The van der Waals surface area contributed by atoms with Crippen LogP contribution in [0.25, 0.3) is 33.8 Å². The maximum atomic E-state index is 14.8. The molecule has 0 atom stereocenters. The third-order valence-corrected chi connectivity index (χ3v) is 17.4. The van der Waals surface area contributed by atoms with Crippen LogP contribution in [0.3, 0.4) is 0 Å². The Balaban J connectivity index is 0.00000880. The van der Waals surface area contributed by atoms with Crippen molar-refractivity contribution in [3.63, 3.8) is 0 Å². The number of nitrogens with zero attached hydrogens (tertiary/aromatic N) is 6. The summed E-state index contributed by atoms with van der Waals surface area (Å²) in [5, 5.41) is 14.0. The van der Waals surface area contributed by atoms with Gasteiger partial charge in [-0.25, -0.2) is 28.1 Å². The van der Waals surface area contributed by atoms with E-state index in [1.54, 1.807) is 18.6 Å². The molecule has 0 bridgehead atoms. The van der Waals surface area contributed by atoms with Crippen molar-refractivity contribution in [1.82, 2.24) is 49.9 Å². The molecule has 0 unspecified atom stereocenters. The lowest BCUT2D eigenvalue weighted by Crippen LogP contribution is -2.73. The minimum Gasteiger partial charge on any atom is -0.333 e. The lowest BCUT2D eigenvalue weighted by molar-refractivity contribution is -0.140. The molecule has 0 saturated carbocycles. The summed E-state index contributed by atoms with van der Waals surface area (Å²) >= 11 is 0. The predicted molar refractivity (Wildman–Crippen MR) is 293 cm³/mol. The molecule has 23 heteroatoms. The molecule has 0 radical (unpaired) electrons. The van der Waals surface area contributed by atoms with Crippen molar-refractivity contribution in [3.8, 4) is 33.8 Å². The van der Waals surface area contributed by atoms with Gasteiger partial charge < -0.3 is 35.0 Å². The summed E-state index contributed by atoms with van der Waals surface area (Å²) < 4.78 is 178. The van der Waals surface area contributed by atoms with Crippen LogP contribution < -0.4 is 21.3 Å². The summed E-state index contributed by atoms with van der Waals surface area (Å²) in [5.41, 5.74) is -7.33. The lowest BCUT2D eigenvalue weighted by Gasteiger charge is -2.64. The molecule has 3 aromatic carbocycles. The predicted octanol–water partition coefficient (Wildman–Crippen LogP) is 14.0. The smallest absolute Gasteiger partial charge is 0.333 e. The van der Waals surface area contributed by atoms with E-state index in [9.17, 15) is 52.7 Å². The van der Waals surface area contributed by atoms with Gasteiger partial charge in [0, 0.05) is 94.5 Å². The van der Waals surface area contributed by atoms with Crippen molar-refractivity contribution < 1.29 is 52.7 Å². The largest absolute Gasteiger partial charge is 0.419 e. The van der Waals surface area contributed by atoms with Crippen LogP contribution in [0.5, 0.6) is 0 Å². The van der Waals surface area contributed by atoms with Crippen LogP contribution in [0.4, 0.5) is 52.7 Å². The number of benzene rings is 3. The van der Waals surface area contributed by atoms with Crippen molar-refractivity contribution in [1.29, 1.82) is 0 Å². The average molecular weight is 1180 g/mol. The van der Waals surface area contributed by atoms with Crippen LogP contribution in [0, 0.1) is 33.7 Å². The summed E-state index contributed by atoms with van der Waals surface area (Å²) in [6.45, 7) is 17.1. The minimum absolute atomic E-state index is 0. The molecule has 0 aliphatic carbocycles. The molecule has 10 nitrogen and oxygen atoms in total. The summed E-state index contributed by atoms with van der Waals surface area (Å²) in [7, 11) is 1.85. The molecular weight excluding hydrogens is 1110 g/mol. The van der Waals surface area contributed by atoms with Crippen LogP contribution in [-0.4, -0.2) is 80.5 Å². The molecule has 3 aliphatic heterocycles. The Labute approximate surface area is 476 Å². The van der Waals surface area contributed by atoms with Gasteiger partial charge in [-0.2, -0.15) is 39.5 Å². The zero-order chi connectivity index (χ0) is 58.7. The number of piperidine rings is 3. The second kappa shape index (κ2) is 23.6. The number of halogens is 13. The maximum absolute atomic E-state index is 14.8. The molecule has 0 amide bonds. The van der Waals surface area contributed by atoms with Crippen molar-refractivity contribution in [2.24, 2.45) is 16.2 Å². The minimum atomic E-state index is -4.98. The first-order valence-corrected chi connectivity index (χ1v) is 27.6. The second-order valence-corrected chi connectivity index (χ2v) is 24.1. The number of nitrogens with one attached hydrogen (secondary N) is 4. The molecule has 3 aliphatic rings. The first-order valence-electron chi connectivity index (χ1n) is 27.6. The highest BCUT2D eigenvalue weighted by Crippen LogP contribution is 2.57. The number of hydrogen-bond donors (Lipinski definition) is 4. The van der Waals surface area contributed by atoms with Gasteiger partial charge in [-0.15, -0.1) is 12.4 Å². The number of rotatable bonds is 16. The molecule has 4 N–H and O–H groups in total. The molecule has 448 valence electrons. The van der Waals surface area contributed by atoms with Gasteiger partial charge in [-0.1, -0.05) is 41.5 Å². The number of imidazole rings is 3. The summed E-state index contributed by atoms with van der Waals surface area (Å²) in [6, 6.07) is 8.53. The summed E-state index contributed by atoms with van der Waals surface area (Å²) in [5.74, 6) is -2.70. The van der Waals surface area contributed by atoms with Crippen molar-refractivity contribution in [2.45, 2.75) is 142 Å². The van der Waals surface area contributed by atoms with Gasteiger partial charge in [-0.3, -0.25) is 0 Å². The SMILES string of the molecule is CNC(C(C)(C)Cn1cc(-c2ccc(F)c(C(F)(F)F)c2)nc1C1CCNCC1)(C(C)(C)Cn1cc(-c2ccc(F)c(C(F)(F)F)c2)nc1C1CCNCC1)C(C)(C)Cn1cc(-c2ccc(F)c(C(F)(F)F)c2)nc1C1CCNCC1.Cl. The van der Waals surface area contributed by atoms with Crippen molar-refractivity contribution in [2.75, 3.05) is 46.3 Å². The normalized spacial score (nSPS) is 17.2. The highest BCUT2D eigenvalue weighted by Gasteiger charge is 2.62. The lowest BCUT2D eigenvalue weighted by atomic mass is 9.48. The van der Waals surface area contributed by atoms with E-state index >= 15 is 0 Å². The molecule has 3 aromatic heterocycles. The van der Waals surface area contributed by atoms with Gasteiger partial charge in [0.25, 0.3) is 0 Å². The molecule has 6 heterocycles. The number of hydrogen-bond acceptors (Lipinski definition) is 7. The molecule has 6 aromatic rings. The van der Waals surface area contributed by atoms with E-state index in [1.165, 1.54) is 18.2 Å². The van der Waals surface area contributed by atoms with E-state index in [1.807, 2.05) is 20.7 Å². The highest BCUT2D eigenvalue weighted by atomic mass is 35.5. The molecule has 3 saturated heterocycles. The van der Waals surface area contributed by atoms with Crippen LogP contribution in [0.1, 0.15) is 132 Å². The monoisotopic (exact) mass is 1180 g/mol. The van der Waals surface area contributed by atoms with Crippen LogP contribution >= 0.6 is 12.4 Å². The fourth-order valence-corrected chi connectivity index (χ4v) is 14.4. The first-order chi connectivity index (χ1) is 37.9. The average Bonchev–Trinajstić information content (AvgIpc) is 2.33. The second-order valence-electron chi connectivity index (χ2n) is 24.1. The van der Waals surface area contributed by atoms with Gasteiger partial charge in [0.15, 0.2) is 0 Å². The van der Waals surface area contributed by atoms with E-state index in [-0.39, 0.29) is 83.6 Å². The fourth-order valence-electron chi connectivity index (χ4n) is 14.4. The van der Waals surface area contributed by atoms with Crippen LogP contribution in [-0.2, 0) is 38.2 Å². The van der Waals surface area contributed by atoms with Gasteiger partial charge in [0.1, 0.15) is 34.9 Å². The first kappa shape index (κ1) is 62.6. The zero-order valence-corrected chi connectivity index (χ0v) is 47.7. The van der Waals surface area contributed by atoms with Gasteiger partial charge in [-0.05, 0) is 139 Å². The quantitative estimate of drug-likeness (QED) is 0.0716. The fraction of sp³-hybridized carbons (Fsp3) is 0.542. The Morgan fingerprint density at radius 1 is 0.439 bits per heavy atom. The van der Waals surface area contributed by atoms with E-state index in [4.69, 9.17) is 15.0 Å². The Kier molecular flexibility index (Phi) is 18.0. The molecule has 82 heavy (non-hydrogen) atoms. The summed E-state index contributed by atoms with van der Waals surface area (Å²) in [6.07, 6.45) is -5.75. The number of alkyl halides is 9. The molecule has 0 spiro atoms. The van der Waals surface area contributed by atoms with E-state index in [0.717, 1.165) is 36.4 Å². The van der Waals surface area contributed by atoms with Gasteiger partial charge in [0.05, 0.1) is 33.8 Å². The van der Waals surface area contributed by atoms with E-state index < -0.39 is 74.5 Å². The van der Waals surface area contributed by atoms with Crippen LogP contribution in [0.2, 0.25) is 0 Å². The Morgan fingerprint density at radius 3 is 0.902 bits per heavy atom. The molecule has 3 fully saturated rings. The van der Waals surface area contributed by atoms with Crippen molar-refractivity contribution in [3.05, 3.63) is 125 Å². The number of aromatic nitrogens is 6. The summed E-state index contributed by atoms with van der Waals surface area (Å²) in [4.78, 5) is 15.2. The molecule has 9 rings (SSSR count). The van der Waals surface area contributed by atoms with Gasteiger partial charge >= 0.3 is 18.5 Å². The van der Waals surface area contributed by atoms with E-state index in [0.29, 0.717) is 95.3 Å². The topological polar surface area (TPSA) is 102 Å². The van der Waals surface area contributed by atoms with Crippen LogP contribution in [0.15, 0.2) is 73.2 Å². The van der Waals surface area contributed by atoms with Gasteiger partial charge in [0.2, 0.25) is 0 Å². The Morgan fingerprint density at radius 2 is 0.683 bits per heavy atom. The standard InChI is InChI=1S/C59H70F12N10.ClH/c1-53(2,32-79-29-47(76-50(79)35-14-20-73-21-15-35)38-8-11-44(60)41(26-38)56(63,64)65)59(72-7,54(3,4)33-80-30-48(77-51(80)36-16-22-74-23-17-36)39-9-12-45(61)42(27-39)57(66,67)68)55(5,6)34-81-31-49(78-52(81)37-18-24-75-25-19-37)40-10-13-46(62)43(28-40)58(69,70)71;/h8-13,26-31,35-37,72-75H,14-25,32-34H2,1-7H3;1H. The zero-order valence-electron chi connectivity index (χ0n) is 46.9. The molecular formula is C59H71ClF12N10.